The van der Waals surface area contributed by atoms with Crippen LogP contribution in [0.15, 0.2) is 57.0 Å². The lowest BCUT2D eigenvalue weighted by Crippen LogP contribution is -2.38. The third kappa shape index (κ3) is 3.26. The van der Waals surface area contributed by atoms with Crippen molar-refractivity contribution in [2.45, 2.75) is 5.75 Å². The molecule has 0 saturated carbocycles. The average Bonchev–Trinajstić information content (AvgIpc) is 3.24. The number of nitrogens with one attached hydrogen (secondary N) is 1. The van der Waals surface area contributed by atoms with Gasteiger partial charge in [0.25, 0.3) is 11.5 Å². The number of nitrogens with zero attached hydrogens (tertiary/aromatic N) is 4. The average molecular weight is 423 g/mol. The molecule has 4 aromatic rings. The van der Waals surface area contributed by atoms with Crippen LogP contribution in [0, 0.1) is 0 Å². The van der Waals surface area contributed by atoms with E-state index in [2.05, 4.69) is 15.3 Å². The predicted molar refractivity (Wildman–Crippen MR) is 117 cm³/mol. The molecule has 0 bridgehead atoms. The minimum absolute atomic E-state index is 0.0436. The Labute approximate surface area is 173 Å². The molecular weight excluding hydrogens is 404 g/mol. The van der Waals surface area contributed by atoms with Gasteiger partial charge in [0.1, 0.15) is 16.6 Å². The van der Waals surface area contributed by atoms with E-state index in [1.165, 1.54) is 24.9 Å². The number of carbonyl (C=O) groups excluding carboxylic acids is 1. The monoisotopic (exact) mass is 423 g/mol. The zero-order chi connectivity index (χ0) is 21.4. The summed E-state index contributed by atoms with van der Waals surface area (Å²) in [5.74, 6) is -0.145. The van der Waals surface area contributed by atoms with Crippen LogP contribution in [0.2, 0.25) is 0 Å². The molecule has 1 amide bonds. The van der Waals surface area contributed by atoms with Crippen LogP contribution in [0.4, 0.5) is 11.5 Å². The number of amides is 1. The van der Waals surface area contributed by atoms with Gasteiger partial charge in [-0.05, 0) is 34.7 Å². The highest BCUT2D eigenvalue weighted by Crippen LogP contribution is 2.30. The summed E-state index contributed by atoms with van der Waals surface area (Å²) in [7, 11) is 2.61. The number of aryl methyl sites for hydroxylation is 1. The van der Waals surface area contributed by atoms with Gasteiger partial charge in [0.15, 0.2) is 11.4 Å². The molecule has 10 heteroatoms. The van der Waals surface area contributed by atoms with Crippen molar-refractivity contribution in [3.8, 4) is 0 Å². The normalized spacial score (nSPS) is 11.0. The summed E-state index contributed by atoms with van der Waals surface area (Å²) in [4.78, 5) is 46.8. The van der Waals surface area contributed by atoms with Gasteiger partial charge in [0, 0.05) is 25.9 Å². The van der Waals surface area contributed by atoms with Crippen molar-refractivity contribution >= 4 is 38.9 Å². The van der Waals surface area contributed by atoms with E-state index in [0.29, 0.717) is 17.0 Å². The minimum atomic E-state index is -0.513. The van der Waals surface area contributed by atoms with Gasteiger partial charge >= 0.3 is 5.69 Å². The van der Waals surface area contributed by atoms with Gasteiger partial charge in [-0.3, -0.25) is 23.7 Å². The van der Waals surface area contributed by atoms with Crippen molar-refractivity contribution in [1.29, 1.82) is 0 Å². The quantitative estimate of drug-likeness (QED) is 0.481. The highest BCUT2D eigenvalue weighted by Gasteiger charge is 2.26. The van der Waals surface area contributed by atoms with Gasteiger partial charge in [-0.25, -0.2) is 9.78 Å². The number of nitrogens with two attached hydrogens (primary N) is 1. The molecule has 4 rings (SSSR count). The van der Waals surface area contributed by atoms with Crippen molar-refractivity contribution in [1.82, 2.24) is 19.1 Å². The molecule has 0 aliphatic rings. The van der Waals surface area contributed by atoms with Gasteiger partial charge in [-0.1, -0.05) is 0 Å². The number of nitrogen functional groups attached to an aromatic ring is 1. The predicted octanol–water partition coefficient (Wildman–Crippen LogP) is 1.66. The number of hydrogen-bond donors (Lipinski definition) is 2. The molecule has 0 unspecified atom stereocenters. The zero-order valence-electron chi connectivity index (χ0n) is 16.3. The maximum atomic E-state index is 13.2. The van der Waals surface area contributed by atoms with E-state index < -0.39 is 17.2 Å². The van der Waals surface area contributed by atoms with Crippen molar-refractivity contribution in [2.24, 2.45) is 14.1 Å². The van der Waals surface area contributed by atoms with E-state index in [0.717, 1.165) is 4.57 Å². The third-order valence-corrected chi connectivity index (χ3v) is 6.43. The van der Waals surface area contributed by atoms with Gasteiger partial charge < -0.3 is 11.1 Å². The molecule has 4 aromatic heterocycles. The van der Waals surface area contributed by atoms with Crippen LogP contribution >= 0.6 is 10.5 Å². The van der Waals surface area contributed by atoms with Crippen molar-refractivity contribution < 1.29 is 4.79 Å². The number of fused-ring (bicyclic) bond motifs is 1. The molecule has 3 N–H and O–H groups in total. The fourth-order valence-corrected chi connectivity index (χ4v) is 4.80. The van der Waals surface area contributed by atoms with Crippen LogP contribution in [-0.4, -0.2) is 25.0 Å². The molecule has 0 atom stereocenters. The van der Waals surface area contributed by atoms with E-state index in [-0.39, 0.29) is 32.9 Å². The summed E-state index contributed by atoms with van der Waals surface area (Å²) in [6, 6.07) is 7.22. The lowest BCUT2D eigenvalue weighted by atomic mass is 10.1. The molecule has 0 fully saturated rings. The number of rotatable bonds is 4. The summed E-state index contributed by atoms with van der Waals surface area (Å²) in [6.07, 6.45) is 3.10. The summed E-state index contributed by atoms with van der Waals surface area (Å²) in [5, 5.41) is 6.97. The van der Waals surface area contributed by atoms with Crippen molar-refractivity contribution in [3.05, 3.63) is 79.4 Å². The van der Waals surface area contributed by atoms with Crippen molar-refractivity contribution in [2.75, 3.05) is 11.1 Å². The molecule has 152 valence electrons. The molecule has 0 aromatic carbocycles. The zero-order valence-corrected chi connectivity index (χ0v) is 17.1. The van der Waals surface area contributed by atoms with Gasteiger partial charge in [-0.2, -0.15) is 0 Å². The standard InChI is InChI=1S/C20H18N6O3S/c1-25-17-15(19(28)26(2)20(25)29)13(11-30-8-3-4-9-30)14(16(21)24-17)18(27)23-12-6-5-7-22-10-12/h3-10H,11H2,1-2H3,(H2-,21,23,24,27,28)/p+1. The fourth-order valence-electron chi connectivity index (χ4n) is 3.31. The van der Waals surface area contributed by atoms with Crippen LogP contribution in [0.1, 0.15) is 15.9 Å². The van der Waals surface area contributed by atoms with E-state index in [1.54, 1.807) is 18.3 Å². The lowest BCUT2D eigenvalue weighted by molar-refractivity contribution is 0.102. The lowest BCUT2D eigenvalue weighted by Gasteiger charge is -2.15. The molecule has 0 aliphatic carbocycles. The number of anilines is 2. The number of carbonyl (C=O) groups is 1. The minimum Gasteiger partial charge on any atom is -0.383 e. The highest BCUT2D eigenvalue weighted by molar-refractivity contribution is 7.27. The second kappa shape index (κ2) is 7.56. The molecule has 9 nitrogen and oxygen atoms in total. The van der Waals surface area contributed by atoms with E-state index in [9.17, 15) is 14.4 Å². The first kappa shape index (κ1) is 19.5. The summed E-state index contributed by atoms with van der Waals surface area (Å²) in [5.41, 5.74) is 6.40. The van der Waals surface area contributed by atoms with Crippen LogP contribution in [0.3, 0.4) is 0 Å². The van der Waals surface area contributed by atoms with Crippen molar-refractivity contribution in [3.63, 3.8) is 0 Å². The topological polar surface area (TPSA) is 125 Å². The Morgan fingerprint density at radius 2 is 1.90 bits per heavy atom. The maximum absolute atomic E-state index is 13.2. The Hall–Kier alpha value is -3.79. The van der Waals surface area contributed by atoms with Crippen LogP contribution in [0.5, 0.6) is 0 Å². The Morgan fingerprint density at radius 1 is 1.17 bits per heavy atom. The maximum Gasteiger partial charge on any atom is 0.332 e. The third-order valence-electron chi connectivity index (χ3n) is 4.80. The molecule has 0 radical (unpaired) electrons. The van der Waals surface area contributed by atoms with Gasteiger partial charge in [-0.15, -0.1) is 0 Å². The smallest absolute Gasteiger partial charge is 0.332 e. The second-order valence-corrected chi connectivity index (χ2v) is 8.49. The van der Waals surface area contributed by atoms with E-state index >= 15 is 0 Å². The van der Waals surface area contributed by atoms with Crippen LogP contribution in [-0.2, 0) is 19.8 Å². The van der Waals surface area contributed by atoms with Gasteiger partial charge in [0.05, 0.1) is 22.8 Å². The highest BCUT2D eigenvalue weighted by atomic mass is 32.2. The SMILES string of the molecule is Cn1c(=O)c2c(C[s+]3cccc3)c(C(=O)Nc3cccnc3)c(N)nc2n(C)c1=O. The Morgan fingerprint density at radius 3 is 2.57 bits per heavy atom. The first-order valence-corrected chi connectivity index (χ1v) is 10.5. The first-order valence-electron chi connectivity index (χ1n) is 9.01. The van der Waals surface area contributed by atoms with Crippen LogP contribution < -0.4 is 22.3 Å². The Kier molecular flexibility index (Phi) is 4.92. The molecule has 4 heterocycles. The van der Waals surface area contributed by atoms with E-state index in [4.69, 9.17) is 5.73 Å². The molecular formula is C20H19N6O3S+. The fraction of sp³-hybridized carbons (Fsp3) is 0.150. The molecule has 0 spiro atoms. The Balaban J connectivity index is 2.01. The molecule has 0 saturated heterocycles. The molecule has 30 heavy (non-hydrogen) atoms. The van der Waals surface area contributed by atoms with Crippen LogP contribution in [0.25, 0.3) is 11.0 Å². The molecule has 0 aliphatic heterocycles. The number of aromatic nitrogens is 4. The largest absolute Gasteiger partial charge is 0.383 e. The summed E-state index contributed by atoms with van der Waals surface area (Å²) < 4.78 is 2.28. The second-order valence-electron chi connectivity index (χ2n) is 6.72. The summed E-state index contributed by atoms with van der Waals surface area (Å²) >= 11 is 0. The Bertz CT molecular complexity index is 1370. The number of thiophene rings is 1. The number of hydrogen-bond acceptors (Lipinski definition) is 6. The van der Waals surface area contributed by atoms with E-state index in [1.807, 2.05) is 22.9 Å². The summed E-state index contributed by atoms with van der Waals surface area (Å²) in [6.45, 7) is 0. The number of pyridine rings is 2. The first-order chi connectivity index (χ1) is 14.4. The van der Waals surface area contributed by atoms with Gasteiger partial charge in [0.2, 0.25) is 0 Å².